The topological polar surface area (TPSA) is 13.1 Å². The Hall–Kier alpha value is -2.54. The van der Waals surface area contributed by atoms with Crippen molar-refractivity contribution in [2.75, 3.05) is 0 Å². The number of hydrogen-bond acceptors (Lipinski definition) is 1. The molecular weight excluding hydrogens is 244 g/mol. The van der Waals surface area contributed by atoms with E-state index in [1.807, 2.05) is 37.3 Å². The Morgan fingerprint density at radius 2 is 1.80 bits per heavy atom. The standard InChI is InChI=1S/C19H16O/c1-3-9-16-17(4-2)20-18-13-8-12-15(19(16)18)14-10-6-5-7-11-14/h3-13H,1H2,2H3/b16-9+,17-4+. The van der Waals surface area contributed by atoms with E-state index in [-0.39, 0.29) is 0 Å². The Morgan fingerprint density at radius 1 is 1.00 bits per heavy atom. The highest BCUT2D eigenvalue weighted by atomic mass is 16.3. The van der Waals surface area contributed by atoms with Gasteiger partial charge < -0.3 is 4.42 Å². The molecule has 3 aromatic rings. The van der Waals surface area contributed by atoms with Crippen molar-refractivity contribution >= 4 is 23.1 Å². The Balaban J connectivity index is 2.49. The fourth-order valence-electron chi connectivity index (χ4n) is 2.55. The van der Waals surface area contributed by atoms with E-state index in [4.69, 9.17) is 4.42 Å². The van der Waals surface area contributed by atoms with Gasteiger partial charge in [0.25, 0.3) is 0 Å². The van der Waals surface area contributed by atoms with Crippen LogP contribution in [0.1, 0.15) is 6.92 Å². The van der Waals surface area contributed by atoms with Crippen LogP contribution in [0.25, 0.3) is 34.2 Å². The van der Waals surface area contributed by atoms with Crippen molar-refractivity contribution in [2.45, 2.75) is 6.92 Å². The molecule has 0 saturated carbocycles. The van der Waals surface area contributed by atoms with Crippen LogP contribution < -0.4 is 10.6 Å². The van der Waals surface area contributed by atoms with Crippen LogP contribution in [0.5, 0.6) is 0 Å². The molecule has 1 heteroatoms. The van der Waals surface area contributed by atoms with Gasteiger partial charge in [0.05, 0.1) is 0 Å². The second-order valence-corrected chi connectivity index (χ2v) is 4.62. The minimum absolute atomic E-state index is 0.892. The lowest BCUT2D eigenvalue weighted by atomic mass is 10.0. The maximum absolute atomic E-state index is 5.93. The van der Waals surface area contributed by atoms with Crippen molar-refractivity contribution in [3.8, 4) is 11.1 Å². The van der Waals surface area contributed by atoms with Gasteiger partial charge in [0.2, 0.25) is 0 Å². The molecule has 2 aromatic carbocycles. The smallest absolute Gasteiger partial charge is 0.136 e. The van der Waals surface area contributed by atoms with E-state index in [1.165, 1.54) is 11.1 Å². The average molecular weight is 260 g/mol. The molecule has 20 heavy (non-hydrogen) atoms. The van der Waals surface area contributed by atoms with Gasteiger partial charge in [0.15, 0.2) is 0 Å². The molecule has 1 aromatic heterocycles. The van der Waals surface area contributed by atoms with Gasteiger partial charge >= 0.3 is 0 Å². The van der Waals surface area contributed by atoms with Crippen LogP contribution in [-0.2, 0) is 0 Å². The zero-order valence-electron chi connectivity index (χ0n) is 11.5. The minimum Gasteiger partial charge on any atom is -0.456 e. The molecule has 1 nitrogen and oxygen atoms in total. The molecule has 1 heterocycles. The summed E-state index contributed by atoms with van der Waals surface area (Å²) in [5, 5.41) is 2.24. The van der Waals surface area contributed by atoms with Gasteiger partial charge in [-0.15, -0.1) is 0 Å². The molecule has 0 N–H and O–H groups in total. The first-order valence-corrected chi connectivity index (χ1v) is 6.71. The maximum Gasteiger partial charge on any atom is 0.136 e. The fraction of sp³-hybridized carbons (Fsp3) is 0.0526. The molecule has 98 valence electrons. The molecule has 0 aliphatic rings. The number of benzene rings is 2. The van der Waals surface area contributed by atoms with E-state index in [1.54, 1.807) is 6.08 Å². The van der Waals surface area contributed by atoms with Crippen molar-refractivity contribution in [3.05, 3.63) is 71.8 Å². The van der Waals surface area contributed by atoms with Crippen molar-refractivity contribution in [2.24, 2.45) is 0 Å². The van der Waals surface area contributed by atoms with Crippen molar-refractivity contribution < 1.29 is 4.42 Å². The first-order valence-electron chi connectivity index (χ1n) is 6.71. The molecular formula is C19H16O. The van der Waals surface area contributed by atoms with Crippen LogP contribution in [0, 0.1) is 0 Å². The molecule has 0 spiro atoms. The molecule has 0 atom stereocenters. The number of fused-ring (bicyclic) bond motifs is 1. The lowest BCUT2D eigenvalue weighted by Gasteiger charge is -2.02. The van der Waals surface area contributed by atoms with Gasteiger partial charge in [0, 0.05) is 10.6 Å². The maximum atomic E-state index is 5.93. The van der Waals surface area contributed by atoms with E-state index in [0.717, 1.165) is 21.6 Å². The van der Waals surface area contributed by atoms with Gasteiger partial charge in [-0.3, -0.25) is 0 Å². The van der Waals surface area contributed by atoms with Crippen molar-refractivity contribution in [3.63, 3.8) is 0 Å². The Kier molecular flexibility index (Phi) is 3.26. The molecule has 0 aliphatic heterocycles. The summed E-state index contributed by atoms with van der Waals surface area (Å²) in [6.07, 6.45) is 5.80. The lowest BCUT2D eigenvalue weighted by molar-refractivity contribution is 0.575. The second kappa shape index (κ2) is 5.22. The third kappa shape index (κ3) is 1.97. The van der Waals surface area contributed by atoms with Crippen LogP contribution in [-0.4, -0.2) is 0 Å². The van der Waals surface area contributed by atoms with E-state index in [9.17, 15) is 0 Å². The van der Waals surface area contributed by atoms with Gasteiger partial charge in [-0.2, -0.15) is 0 Å². The number of rotatable bonds is 2. The average Bonchev–Trinajstić information content (AvgIpc) is 2.86. The molecule has 0 bridgehead atoms. The zero-order chi connectivity index (χ0) is 13.9. The van der Waals surface area contributed by atoms with E-state index in [0.29, 0.717) is 0 Å². The number of furan rings is 1. The van der Waals surface area contributed by atoms with E-state index >= 15 is 0 Å². The van der Waals surface area contributed by atoms with Crippen molar-refractivity contribution in [1.82, 2.24) is 0 Å². The SMILES string of the molecule is C=C/C=c1\c(=C/C)oc2cccc(-c3ccccc3)c12. The molecule has 3 rings (SSSR count). The van der Waals surface area contributed by atoms with Crippen LogP contribution in [0.3, 0.4) is 0 Å². The monoisotopic (exact) mass is 260 g/mol. The third-order valence-electron chi connectivity index (χ3n) is 3.41. The molecule has 0 saturated heterocycles. The summed E-state index contributed by atoms with van der Waals surface area (Å²) < 4.78 is 5.93. The molecule has 0 unspecified atom stereocenters. The summed E-state index contributed by atoms with van der Waals surface area (Å²) in [6.45, 7) is 5.80. The zero-order valence-corrected chi connectivity index (χ0v) is 11.5. The first kappa shape index (κ1) is 12.5. The number of hydrogen-bond donors (Lipinski definition) is 0. The summed E-state index contributed by atoms with van der Waals surface area (Å²) in [4.78, 5) is 0. The minimum atomic E-state index is 0.892. The molecule has 0 aliphatic carbocycles. The predicted molar refractivity (Wildman–Crippen MR) is 85.7 cm³/mol. The molecule has 0 fully saturated rings. The summed E-state index contributed by atoms with van der Waals surface area (Å²) in [7, 11) is 0. The lowest BCUT2D eigenvalue weighted by Crippen LogP contribution is -2.19. The molecule has 0 amide bonds. The van der Waals surface area contributed by atoms with Crippen molar-refractivity contribution in [1.29, 1.82) is 0 Å². The number of allylic oxidation sites excluding steroid dienone is 1. The van der Waals surface area contributed by atoms with Crippen LogP contribution in [0.15, 0.2) is 65.6 Å². The summed E-state index contributed by atoms with van der Waals surface area (Å²) in [5.74, 6) is 0. The summed E-state index contributed by atoms with van der Waals surface area (Å²) >= 11 is 0. The summed E-state index contributed by atoms with van der Waals surface area (Å²) in [6, 6.07) is 16.5. The third-order valence-corrected chi connectivity index (χ3v) is 3.41. The highest BCUT2D eigenvalue weighted by Gasteiger charge is 2.08. The van der Waals surface area contributed by atoms with Gasteiger partial charge in [-0.05, 0) is 30.2 Å². The van der Waals surface area contributed by atoms with Gasteiger partial charge in [-0.25, -0.2) is 0 Å². The second-order valence-electron chi connectivity index (χ2n) is 4.62. The highest BCUT2D eigenvalue weighted by Crippen LogP contribution is 2.25. The normalized spacial score (nSPS) is 13.1. The van der Waals surface area contributed by atoms with Gasteiger partial charge in [0.1, 0.15) is 11.0 Å². The van der Waals surface area contributed by atoms with Gasteiger partial charge in [-0.1, -0.05) is 61.2 Å². The predicted octanol–water partition coefficient (Wildman–Crippen LogP) is 3.87. The highest BCUT2D eigenvalue weighted by molar-refractivity contribution is 5.95. The Morgan fingerprint density at radius 3 is 2.50 bits per heavy atom. The van der Waals surface area contributed by atoms with Crippen LogP contribution in [0.2, 0.25) is 0 Å². The quantitative estimate of drug-likeness (QED) is 0.682. The van der Waals surface area contributed by atoms with Crippen LogP contribution >= 0.6 is 0 Å². The Bertz CT molecular complexity index is 867. The first-order chi connectivity index (χ1) is 9.85. The fourth-order valence-corrected chi connectivity index (χ4v) is 2.55. The largest absolute Gasteiger partial charge is 0.456 e. The molecule has 0 radical (unpaired) electrons. The Labute approximate surface area is 118 Å². The van der Waals surface area contributed by atoms with E-state index in [2.05, 4.69) is 36.9 Å². The van der Waals surface area contributed by atoms with E-state index < -0.39 is 0 Å². The van der Waals surface area contributed by atoms with Crippen LogP contribution in [0.4, 0.5) is 0 Å². The summed E-state index contributed by atoms with van der Waals surface area (Å²) in [5.41, 5.74) is 4.18.